The first kappa shape index (κ1) is 8.25. The van der Waals surface area contributed by atoms with Crippen LogP contribution in [0.2, 0.25) is 0 Å². The molecule has 1 heterocycles. The van der Waals surface area contributed by atoms with Crippen LogP contribution in [0.1, 0.15) is 18.7 Å². The van der Waals surface area contributed by atoms with E-state index in [0.717, 1.165) is 24.2 Å². The predicted octanol–water partition coefficient (Wildman–Crippen LogP) is 1.39. The maximum absolute atomic E-state index is 5.69. The van der Waals surface area contributed by atoms with Gasteiger partial charge >= 0.3 is 0 Å². The summed E-state index contributed by atoms with van der Waals surface area (Å²) >= 11 is 4.92. The fourth-order valence-corrected chi connectivity index (χ4v) is 1.45. The molecule has 0 spiro atoms. The van der Waals surface area contributed by atoms with E-state index in [4.69, 9.17) is 18.1 Å². The van der Waals surface area contributed by atoms with Crippen LogP contribution in [0.3, 0.4) is 0 Å². The molecule has 1 aliphatic carbocycles. The number of nitrogens with two attached hydrogens (primary N) is 1. The lowest BCUT2D eigenvalue weighted by Crippen LogP contribution is -2.12. The van der Waals surface area contributed by atoms with Crippen molar-refractivity contribution in [2.24, 2.45) is 0 Å². The number of nitrogens with one attached hydrogen (secondary N) is 1. The molecule has 0 radical (unpaired) electrons. The van der Waals surface area contributed by atoms with Crippen LogP contribution in [0.15, 0.2) is 18.2 Å². The third kappa shape index (κ3) is 1.42. The molecule has 68 valence electrons. The summed E-state index contributed by atoms with van der Waals surface area (Å²) in [6.07, 6.45) is 8.14. The maximum atomic E-state index is 5.69. The topological polar surface area (TPSA) is 59.6 Å². The number of nitrogen functional groups attached to an aromatic ring is 1. The second-order valence-corrected chi connectivity index (χ2v) is 3.27. The maximum Gasteiger partial charge on any atom is 0.214 e. The molecule has 0 saturated heterocycles. The number of allylic oxidation sites excluding steroid dienone is 4. The fraction of sp³-hybridized carbons (Fsp3) is 0.250. The molecule has 1 aromatic rings. The second-order valence-electron chi connectivity index (χ2n) is 2.88. The molecular weight excluding hydrogens is 184 g/mol. The highest BCUT2D eigenvalue weighted by Crippen LogP contribution is 2.20. The van der Waals surface area contributed by atoms with Gasteiger partial charge in [0.15, 0.2) is 5.82 Å². The molecule has 1 aliphatic rings. The molecule has 0 aliphatic heterocycles. The standard InChI is InChI=1S/C8H10N4S/c9-12-7(10-11-8(12)13)6-4-2-1-3-5-6/h1-2,4H,3,5,9H2,(H,11,13). The molecule has 1 aromatic heterocycles. The van der Waals surface area contributed by atoms with Gasteiger partial charge in [-0.05, 0) is 30.6 Å². The van der Waals surface area contributed by atoms with Crippen LogP contribution in [0.5, 0.6) is 0 Å². The summed E-state index contributed by atoms with van der Waals surface area (Å²) in [7, 11) is 0. The molecule has 3 N–H and O–H groups in total. The third-order valence-corrected chi connectivity index (χ3v) is 2.29. The Labute approximate surface area is 80.7 Å². The van der Waals surface area contributed by atoms with Crippen LogP contribution in [0.25, 0.3) is 5.57 Å². The molecule has 13 heavy (non-hydrogen) atoms. The Bertz CT molecular complexity index is 424. The van der Waals surface area contributed by atoms with Crippen molar-refractivity contribution in [3.05, 3.63) is 28.8 Å². The third-order valence-electron chi connectivity index (χ3n) is 2.01. The summed E-state index contributed by atoms with van der Waals surface area (Å²) in [5.74, 6) is 6.42. The second kappa shape index (κ2) is 3.18. The van der Waals surface area contributed by atoms with Crippen LogP contribution in [-0.4, -0.2) is 14.9 Å². The van der Waals surface area contributed by atoms with Gasteiger partial charge in [0.05, 0.1) is 0 Å². The Morgan fingerprint density at radius 3 is 3.00 bits per heavy atom. The average molecular weight is 194 g/mol. The van der Waals surface area contributed by atoms with Crippen LogP contribution in [0, 0.1) is 4.77 Å². The van der Waals surface area contributed by atoms with E-state index >= 15 is 0 Å². The summed E-state index contributed by atoms with van der Waals surface area (Å²) in [6, 6.07) is 0. The highest BCUT2D eigenvalue weighted by atomic mass is 32.1. The zero-order valence-electron chi connectivity index (χ0n) is 7.03. The predicted molar refractivity (Wildman–Crippen MR) is 53.9 cm³/mol. The minimum Gasteiger partial charge on any atom is -0.335 e. The molecule has 4 nitrogen and oxygen atoms in total. The molecular formula is C8H10N4S. The minimum absolute atomic E-state index is 0.449. The van der Waals surface area contributed by atoms with Crippen molar-refractivity contribution in [2.75, 3.05) is 5.84 Å². The molecule has 0 bridgehead atoms. The molecule has 0 atom stereocenters. The van der Waals surface area contributed by atoms with E-state index in [0.29, 0.717) is 4.77 Å². The van der Waals surface area contributed by atoms with Gasteiger partial charge in [-0.15, -0.1) is 0 Å². The summed E-state index contributed by atoms with van der Waals surface area (Å²) in [5, 5.41) is 6.72. The summed E-state index contributed by atoms with van der Waals surface area (Å²) < 4.78 is 1.85. The highest BCUT2D eigenvalue weighted by molar-refractivity contribution is 7.71. The van der Waals surface area contributed by atoms with Gasteiger partial charge in [-0.3, -0.25) is 0 Å². The Hall–Kier alpha value is -1.36. The number of aromatic nitrogens is 3. The molecule has 0 fully saturated rings. The van der Waals surface area contributed by atoms with E-state index in [1.807, 2.05) is 12.2 Å². The van der Waals surface area contributed by atoms with Gasteiger partial charge in [0, 0.05) is 0 Å². The lowest BCUT2D eigenvalue weighted by molar-refractivity contribution is 0.924. The first-order chi connectivity index (χ1) is 6.29. The van der Waals surface area contributed by atoms with Crippen molar-refractivity contribution in [3.8, 4) is 0 Å². The van der Waals surface area contributed by atoms with Crippen molar-refractivity contribution in [1.29, 1.82) is 0 Å². The molecule has 0 aromatic carbocycles. The van der Waals surface area contributed by atoms with Gasteiger partial charge in [0.25, 0.3) is 0 Å². The minimum atomic E-state index is 0.449. The Balaban J connectivity index is 2.45. The van der Waals surface area contributed by atoms with E-state index in [-0.39, 0.29) is 0 Å². The van der Waals surface area contributed by atoms with Crippen molar-refractivity contribution in [2.45, 2.75) is 12.8 Å². The number of nitrogens with zero attached hydrogens (tertiary/aromatic N) is 2. The fourth-order valence-electron chi connectivity index (χ4n) is 1.32. The smallest absolute Gasteiger partial charge is 0.214 e. The largest absolute Gasteiger partial charge is 0.335 e. The highest BCUT2D eigenvalue weighted by Gasteiger charge is 2.09. The Kier molecular flexibility index (Phi) is 2.02. The first-order valence-electron chi connectivity index (χ1n) is 4.07. The first-order valence-corrected chi connectivity index (χ1v) is 4.48. The van der Waals surface area contributed by atoms with Crippen molar-refractivity contribution < 1.29 is 0 Å². The van der Waals surface area contributed by atoms with Crippen molar-refractivity contribution >= 4 is 17.8 Å². The van der Waals surface area contributed by atoms with E-state index in [9.17, 15) is 0 Å². The molecule has 0 saturated carbocycles. The monoisotopic (exact) mass is 194 g/mol. The number of rotatable bonds is 1. The zero-order valence-corrected chi connectivity index (χ0v) is 7.84. The van der Waals surface area contributed by atoms with Crippen molar-refractivity contribution in [1.82, 2.24) is 14.9 Å². The summed E-state index contributed by atoms with van der Waals surface area (Å²) in [5.41, 5.74) is 1.12. The quantitative estimate of drug-likeness (QED) is 0.524. The van der Waals surface area contributed by atoms with E-state index < -0.39 is 0 Å². The normalized spacial score (nSPS) is 15.8. The van der Waals surface area contributed by atoms with E-state index in [1.54, 1.807) is 0 Å². The Morgan fingerprint density at radius 1 is 1.62 bits per heavy atom. The molecule has 0 amide bonds. The summed E-state index contributed by atoms with van der Waals surface area (Å²) in [6.45, 7) is 0. The summed E-state index contributed by atoms with van der Waals surface area (Å²) in [4.78, 5) is 0. The van der Waals surface area contributed by atoms with E-state index in [2.05, 4.69) is 16.3 Å². The van der Waals surface area contributed by atoms with Gasteiger partial charge in [-0.1, -0.05) is 18.2 Å². The average Bonchev–Trinajstić information content (AvgIpc) is 2.49. The van der Waals surface area contributed by atoms with Crippen LogP contribution in [0.4, 0.5) is 0 Å². The molecule has 5 heteroatoms. The van der Waals surface area contributed by atoms with Gasteiger partial charge in [0.1, 0.15) is 0 Å². The number of hydrogen-bond donors (Lipinski definition) is 2. The number of H-pyrrole nitrogens is 1. The Morgan fingerprint density at radius 2 is 2.46 bits per heavy atom. The van der Waals surface area contributed by atoms with Crippen molar-refractivity contribution in [3.63, 3.8) is 0 Å². The molecule has 0 unspecified atom stereocenters. The van der Waals surface area contributed by atoms with Gasteiger partial charge in [-0.25, -0.2) is 9.77 Å². The van der Waals surface area contributed by atoms with Gasteiger partial charge < -0.3 is 5.84 Å². The number of hydrogen-bond acceptors (Lipinski definition) is 3. The number of aromatic amines is 1. The van der Waals surface area contributed by atoms with Crippen LogP contribution >= 0.6 is 12.2 Å². The van der Waals surface area contributed by atoms with Crippen LogP contribution < -0.4 is 5.84 Å². The van der Waals surface area contributed by atoms with Gasteiger partial charge in [-0.2, -0.15) is 5.10 Å². The molecule has 2 rings (SSSR count). The van der Waals surface area contributed by atoms with Gasteiger partial charge in [0.2, 0.25) is 4.77 Å². The SMILES string of the molecule is Nn1c(C2=CC=CCC2)n[nH]c1=S. The lowest BCUT2D eigenvalue weighted by atomic mass is 10.1. The van der Waals surface area contributed by atoms with Crippen LogP contribution in [-0.2, 0) is 0 Å². The zero-order chi connectivity index (χ0) is 9.26. The van der Waals surface area contributed by atoms with E-state index in [1.165, 1.54) is 4.68 Å². The lowest BCUT2D eigenvalue weighted by Gasteiger charge is -2.06.